The van der Waals surface area contributed by atoms with Crippen LogP contribution >= 0.6 is 12.2 Å². The third-order valence-electron chi connectivity index (χ3n) is 4.08. The van der Waals surface area contributed by atoms with Crippen molar-refractivity contribution in [1.29, 1.82) is 0 Å². The summed E-state index contributed by atoms with van der Waals surface area (Å²) in [6.45, 7) is 1.83. The van der Waals surface area contributed by atoms with Crippen molar-refractivity contribution in [2.45, 2.75) is 6.92 Å². The standard InChI is InChI=1S/C23H21N3O3S/c1-16-7-13-20(14-8-16)29-15-21(27)26-23(30)25-19-11-9-18(10-12-19)24-22(28)17-5-3-2-4-6-17/h2-14H,15H2,1H3,(H,24,28)(H2,25,26,27,30). The number of carbonyl (C=O) groups excluding carboxylic acids is 2. The van der Waals surface area contributed by atoms with Gasteiger partial charge in [0, 0.05) is 16.9 Å². The van der Waals surface area contributed by atoms with Crippen molar-refractivity contribution in [2.75, 3.05) is 17.2 Å². The lowest BCUT2D eigenvalue weighted by molar-refractivity contribution is -0.121. The molecule has 2 amide bonds. The van der Waals surface area contributed by atoms with Crippen LogP contribution in [0.25, 0.3) is 0 Å². The van der Waals surface area contributed by atoms with Crippen molar-refractivity contribution in [3.8, 4) is 5.75 Å². The zero-order valence-electron chi connectivity index (χ0n) is 16.3. The Morgan fingerprint density at radius 3 is 2.07 bits per heavy atom. The molecule has 0 bridgehead atoms. The molecular formula is C23H21N3O3S. The van der Waals surface area contributed by atoms with Crippen LogP contribution in [0.15, 0.2) is 78.9 Å². The van der Waals surface area contributed by atoms with E-state index < -0.39 is 0 Å². The minimum absolute atomic E-state index is 0.144. The van der Waals surface area contributed by atoms with Gasteiger partial charge in [-0.25, -0.2) is 0 Å². The van der Waals surface area contributed by atoms with Gasteiger partial charge in [-0.2, -0.15) is 0 Å². The number of aryl methyl sites for hydroxylation is 1. The molecule has 152 valence electrons. The van der Waals surface area contributed by atoms with Gasteiger partial charge in [0.2, 0.25) is 0 Å². The van der Waals surface area contributed by atoms with E-state index in [0.29, 0.717) is 22.7 Å². The zero-order valence-corrected chi connectivity index (χ0v) is 17.2. The van der Waals surface area contributed by atoms with Crippen LogP contribution in [0.2, 0.25) is 0 Å². The van der Waals surface area contributed by atoms with Crippen LogP contribution < -0.4 is 20.7 Å². The van der Waals surface area contributed by atoms with Gasteiger partial charge >= 0.3 is 0 Å². The Kier molecular flexibility index (Phi) is 7.13. The highest BCUT2D eigenvalue weighted by molar-refractivity contribution is 7.80. The van der Waals surface area contributed by atoms with Gasteiger partial charge in [0.1, 0.15) is 5.75 Å². The highest BCUT2D eigenvalue weighted by Crippen LogP contribution is 2.15. The minimum Gasteiger partial charge on any atom is -0.484 e. The Bertz CT molecular complexity index is 1020. The van der Waals surface area contributed by atoms with Crippen molar-refractivity contribution in [3.05, 3.63) is 90.0 Å². The number of hydrogen-bond acceptors (Lipinski definition) is 4. The van der Waals surface area contributed by atoms with Crippen LogP contribution in [0.1, 0.15) is 15.9 Å². The Morgan fingerprint density at radius 1 is 0.833 bits per heavy atom. The van der Waals surface area contributed by atoms with E-state index in [9.17, 15) is 9.59 Å². The first-order valence-corrected chi connectivity index (χ1v) is 9.67. The van der Waals surface area contributed by atoms with Gasteiger partial charge in [-0.05, 0) is 67.7 Å². The molecule has 0 radical (unpaired) electrons. The van der Waals surface area contributed by atoms with Crippen LogP contribution in [0.3, 0.4) is 0 Å². The van der Waals surface area contributed by atoms with Gasteiger partial charge in [0.05, 0.1) is 0 Å². The van der Waals surface area contributed by atoms with Crippen molar-refractivity contribution in [3.63, 3.8) is 0 Å². The number of nitrogens with one attached hydrogen (secondary N) is 3. The number of benzene rings is 3. The molecule has 0 heterocycles. The average molecular weight is 420 g/mol. The maximum Gasteiger partial charge on any atom is 0.264 e. The van der Waals surface area contributed by atoms with E-state index in [2.05, 4.69) is 16.0 Å². The molecule has 7 heteroatoms. The molecule has 6 nitrogen and oxygen atoms in total. The van der Waals surface area contributed by atoms with Crippen molar-refractivity contribution < 1.29 is 14.3 Å². The molecule has 0 aliphatic carbocycles. The smallest absolute Gasteiger partial charge is 0.264 e. The van der Waals surface area contributed by atoms with Gasteiger partial charge in [-0.1, -0.05) is 35.9 Å². The predicted molar refractivity (Wildman–Crippen MR) is 122 cm³/mol. The molecule has 3 rings (SSSR count). The van der Waals surface area contributed by atoms with E-state index in [4.69, 9.17) is 17.0 Å². The molecule has 0 aromatic heterocycles. The highest BCUT2D eigenvalue weighted by Gasteiger charge is 2.08. The first kappa shape index (κ1) is 21.0. The minimum atomic E-state index is -0.361. The summed E-state index contributed by atoms with van der Waals surface area (Å²) < 4.78 is 5.42. The first-order chi connectivity index (χ1) is 14.5. The summed E-state index contributed by atoms with van der Waals surface area (Å²) in [5, 5.41) is 8.47. The van der Waals surface area contributed by atoms with E-state index in [-0.39, 0.29) is 23.5 Å². The summed E-state index contributed by atoms with van der Waals surface area (Å²) in [6, 6.07) is 23.4. The van der Waals surface area contributed by atoms with Crippen LogP contribution in [0.5, 0.6) is 5.75 Å². The second kappa shape index (κ2) is 10.2. The summed E-state index contributed by atoms with van der Waals surface area (Å²) in [5.74, 6) is 0.0651. The monoisotopic (exact) mass is 419 g/mol. The average Bonchev–Trinajstić information content (AvgIpc) is 2.75. The zero-order chi connectivity index (χ0) is 21.3. The molecule has 0 saturated heterocycles. The van der Waals surface area contributed by atoms with Gasteiger partial charge in [-0.3, -0.25) is 14.9 Å². The lowest BCUT2D eigenvalue weighted by Gasteiger charge is -2.11. The predicted octanol–water partition coefficient (Wildman–Crippen LogP) is 4.14. The van der Waals surface area contributed by atoms with Crippen LogP contribution in [0.4, 0.5) is 11.4 Å². The number of anilines is 2. The van der Waals surface area contributed by atoms with E-state index in [0.717, 1.165) is 5.56 Å². The molecule has 3 N–H and O–H groups in total. The SMILES string of the molecule is Cc1ccc(OCC(=O)NC(=S)Nc2ccc(NC(=O)c3ccccc3)cc2)cc1. The number of thiocarbonyl (C=S) groups is 1. The normalized spacial score (nSPS) is 10.0. The van der Waals surface area contributed by atoms with Crippen molar-refractivity contribution in [1.82, 2.24) is 5.32 Å². The number of rotatable bonds is 6. The molecule has 0 spiro atoms. The second-order valence-corrected chi connectivity index (χ2v) is 6.91. The fourth-order valence-corrected chi connectivity index (χ4v) is 2.77. The van der Waals surface area contributed by atoms with E-state index in [1.807, 2.05) is 37.3 Å². The molecule has 3 aromatic rings. The number of amides is 2. The lowest BCUT2D eigenvalue weighted by atomic mass is 10.2. The molecule has 0 saturated carbocycles. The Balaban J connectivity index is 1.45. The summed E-state index contributed by atoms with van der Waals surface area (Å²) >= 11 is 5.16. The Morgan fingerprint density at radius 2 is 1.43 bits per heavy atom. The van der Waals surface area contributed by atoms with E-state index in [1.165, 1.54) is 0 Å². The largest absolute Gasteiger partial charge is 0.484 e. The summed E-state index contributed by atoms with van der Waals surface area (Å²) in [6.07, 6.45) is 0. The first-order valence-electron chi connectivity index (χ1n) is 9.26. The topological polar surface area (TPSA) is 79.5 Å². The maximum atomic E-state index is 12.2. The van der Waals surface area contributed by atoms with E-state index >= 15 is 0 Å². The van der Waals surface area contributed by atoms with Crippen LogP contribution in [0, 0.1) is 6.92 Å². The molecule has 0 atom stereocenters. The molecule has 0 aliphatic heterocycles. The molecule has 0 fully saturated rings. The van der Waals surface area contributed by atoms with Crippen molar-refractivity contribution in [2.24, 2.45) is 0 Å². The Labute approximate surface area is 180 Å². The van der Waals surface area contributed by atoms with Gasteiger partial charge in [0.15, 0.2) is 11.7 Å². The third kappa shape index (κ3) is 6.42. The number of ether oxygens (including phenoxy) is 1. The fraction of sp³-hybridized carbons (Fsp3) is 0.0870. The summed E-state index contributed by atoms with van der Waals surface area (Å²) in [5.41, 5.74) is 3.02. The molecule has 3 aromatic carbocycles. The fourth-order valence-electron chi connectivity index (χ4n) is 2.54. The molecule has 30 heavy (non-hydrogen) atoms. The van der Waals surface area contributed by atoms with Gasteiger partial charge in [0.25, 0.3) is 11.8 Å². The quantitative estimate of drug-likeness (QED) is 0.524. The summed E-state index contributed by atoms with van der Waals surface area (Å²) in [7, 11) is 0. The van der Waals surface area contributed by atoms with Gasteiger partial charge in [-0.15, -0.1) is 0 Å². The van der Waals surface area contributed by atoms with Gasteiger partial charge < -0.3 is 15.4 Å². The molecule has 0 unspecified atom stereocenters. The third-order valence-corrected chi connectivity index (χ3v) is 4.28. The van der Waals surface area contributed by atoms with E-state index in [1.54, 1.807) is 48.5 Å². The number of hydrogen-bond donors (Lipinski definition) is 3. The molecular weight excluding hydrogens is 398 g/mol. The van der Waals surface area contributed by atoms with Crippen molar-refractivity contribution >= 4 is 40.5 Å². The summed E-state index contributed by atoms with van der Waals surface area (Å²) in [4.78, 5) is 24.2. The molecule has 0 aliphatic rings. The highest BCUT2D eigenvalue weighted by atomic mass is 32.1. The maximum absolute atomic E-state index is 12.2. The van der Waals surface area contributed by atoms with Crippen LogP contribution in [-0.4, -0.2) is 23.5 Å². The Hall–Kier alpha value is -3.71. The van der Waals surface area contributed by atoms with Crippen LogP contribution in [-0.2, 0) is 4.79 Å². The second-order valence-electron chi connectivity index (χ2n) is 6.50. The number of carbonyl (C=O) groups is 2. The lowest BCUT2D eigenvalue weighted by Crippen LogP contribution is -2.37.